The van der Waals surface area contributed by atoms with E-state index in [1.165, 1.54) is 11.4 Å². The molecule has 1 atom stereocenters. The Balaban J connectivity index is 0.000000321. The van der Waals surface area contributed by atoms with Crippen molar-refractivity contribution in [1.29, 1.82) is 0 Å². The van der Waals surface area contributed by atoms with Crippen LogP contribution in [0.5, 0.6) is 0 Å². The van der Waals surface area contributed by atoms with Crippen molar-refractivity contribution < 1.29 is 28.2 Å². The lowest BCUT2D eigenvalue weighted by molar-refractivity contribution is -0.192. The molecule has 2 aromatic heterocycles. The normalized spacial score (nSPS) is 17.2. The van der Waals surface area contributed by atoms with Crippen LogP contribution in [0.2, 0.25) is 0 Å². The Kier molecular flexibility index (Phi) is 6.26. The highest BCUT2D eigenvalue weighted by atomic mass is 19.4. The summed E-state index contributed by atoms with van der Waals surface area (Å²) in [4.78, 5) is 15.6. The average molecular weight is 389 g/mol. The highest BCUT2D eigenvalue weighted by Crippen LogP contribution is 2.23. The molecule has 1 aliphatic rings. The predicted octanol–water partition coefficient (Wildman–Crippen LogP) is 1.01. The molecule has 8 nitrogen and oxygen atoms in total. The van der Waals surface area contributed by atoms with Crippen molar-refractivity contribution in [2.75, 3.05) is 6.61 Å². The molecule has 150 valence electrons. The number of halogens is 3. The molecule has 2 aromatic rings. The predicted molar refractivity (Wildman–Crippen MR) is 88.7 cm³/mol. The first-order valence-electron chi connectivity index (χ1n) is 8.16. The quantitative estimate of drug-likeness (QED) is 0.814. The minimum Gasteiger partial charge on any atom is -0.475 e. The van der Waals surface area contributed by atoms with Gasteiger partial charge in [-0.2, -0.15) is 18.3 Å². The Labute approximate surface area is 153 Å². The highest BCUT2D eigenvalue weighted by molar-refractivity contribution is 5.73. The van der Waals surface area contributed by atoms with Crippen molar-refractivity contribution in [3.8, 4) is 0 Å². The van der Waals surface area contributed by atoms with Gasteiger partial charge in [0, 0.05) is 45.3 Å². The molecule has 0 bridgehead atoms. The fraction of sp³-hybridized carbons (Fsp3) is 0.562. The number of hydrogen-bond donors (Lipinski definition) is 2. The zero-order chi connectivity index (χ0) is 20.4. The summed E-state index contributed by atoms with van der Waals surface area (Å²) in [7, 11) is 3.98. The van der Waals surface area contributed by atoms with E-state index >= 15 is 0 Å². The molecule has 0 amide bonds. The molecule has 3 heterocycles. The molecule has 0 fully saturated rings. The van der Waals surface area contributed by atoms with Gasteiger partial charge in [0.25, 0.3) is 0 Å². The highest BCUT2D eigenvalue weighted by Gasteiger charge is 2.38. The van der Waals surface area contributed by atoms with Gasteiger partial charge in [0.2, 0.25) is 0 Å². The summed E-state index contributed by atoms with van der Waals surface area (Å²) >= 11 is 0. The third kappa shape index (κ3) is 5.07. The molecule has 1 unspecified atom stereocenters. The minimum absolute atomic E-state index is 0.146. The number of alkyl halides is 3. The summed E-state index contributed by atoms with van der Waals surface area (Å²) in [5.74, 6) is -2.76. The standard InChI is InChI=1S/C14H21N5O.C2HF3O2/c1-10-4-11(18(3)16-10)6-19-7-13-14(5-12(19)8-20)17(2)9-15-13;3-2(4,5)1(6)7/h4,9,12,20H,5-8H2,1-3H3;(H,6,7). The van der Waals surface area contributed by atoms with Crippen LogP contribution < -0.4 is 0 Å². The summed E-state index contributed by atoms with van der Waals surface area (Å²) in [5.41, 5.74) is 4.55. The van der Waals surface area contributed by atoms with E-state index in [2.05, 4.69) is 25.6 Å². The Hall–Kier alpha value is -2.40. The van der Waals surface area contributed by atoms with E-state index in [1.54, 1.807) is 0 Å². The first-order chi connectivity index (χ1) is 12.5. The van der Waals surface area contributed by atoms with E-state index in [0.717, 1.165) is 30.9 Å². The molecule has 0 saturated heterocycles. The van der Waals surface area contributed by atoms with Crippen molar-refractivity contribution in [1.82, 2.24) is 24.2 Å². The number of carboxylic acid groups (broad SMARTS) is 1. The van der Waals surface area contributed by atoms with Crippen LogP contribution in [0.15, 0.2) is 12.4 Å². The lowest BCUT2D eigenvalue weighted by atomic mass is 10.0. The van der Waals surface area contributed by atoms with Crippen molar-refractivity contribution in [3.63, 3.8) is 0 Å². The molecule has 2 N–H and O–H groups in total. The third-order valence-electron chi connectivity index (χ3n) is 4.36. The number of carboxylic acids is 1. The zero-order valence-electron chi connectivity index (χ0n) is 15.2. The van der Waals surface area contributed by atoms with Gasteiger partial charge in [-0.25, -0.2) is 9.78 Å². The first-order valence-corrected chi connectivity index (χ1v) is 8.16. The lowest BCUT2D eigenvalue weighted by Crippen LogP contribution is -2.43. The van der Waals surface area contributed by atoms with Crippen molar-refractivity contribution >= 4 is 5.97 Å². The fourth-order valence-electron chi connectivity index (χ4n) is 2.96. The smallest absolute Gasteiger partial charge is 0.475 e. The summed E-state index contributed by atoms with van der Waals surface area (Å²) in [6, 6.07) is 2.25. The Morgan fingerprint density at radius 2 is 2.00 bits per heavy atom. The number of nitrogens with zero attached hydrogens (tertiary/aromatic N) is 5. The Morgan fingerprint density at radius 3 is 2.48 bits per heavy atom. The Bertz CT molecular complexity index is 800. The van der Waals surface area contributed by atoms with Gasteiger partial charge in [0.1, 0.15) is 0 Å². The average Bonchev–Trinajstić information content (AvgIpc) is 3.08. The van der Waals surface area contributed by atoms with Crippen LogP contribution in [0.1, 0.15) is 22.8 Å². The van der Waals surface area contributed by atoms with Gasteiger partial charge in [-0.1, -0.05) is 0 Å². The van der Waals surface area contributed by atoms with Crippen LogP contribution in [0.4, 0.5) is 13.2 Å². The second-order valence-electron chi connectivity index (χ2n) is 6.40. The van der Waals surface area contributed by atoms with Crippen LogP contribution in [-0.2, 0) is 38.4 Å². The van der Waals surface area contributed by atoms with Gasteiger partial charge in [0.15, 0.2) is 0 Å². The molecular formula is C16H22F3N5O3. The minimum atomic E-state index is -5.08. The zero-order valence-corrected chi connectivity index (χ0v) is 15.2. The number of aryl methyl sites for hydroxylation is 3. The number of fused-ring (bicyclic) bond motifs is 1. The summed E-state index contributed by atoms with van der Waals surface area (Å²) in [5, 5.41) is 21.2. The van der Waals surface area contributed by atoms with E-state index < -0.39 is 12.1 Å². The van der Waals surface area contributed by atoms with E-state index in [0.29, 0.717) is 0 Å². The third-order valence-corrected chi connectivity index (χ3v) is 4.36. The van der Waals surface area contributed by atoms with Crippen LogP contribution >= 0.6 is 0 Å². The number of aliphatic hydroxyl groups is 1. The number of aromatic nitrogens is 4. The molecule has 27 heavy (non-hydrogen) atoms. The molecule has 1 aliphatic heterocycles. The van der Waals surface area contributed by atoms with Gasteiger partial charge in [0.05, 0.1) is 30.0 Å². The second kappa shape index (κ2) is 8.09. The molecule has 3 rings (SSSR count). The van der Waals surface area contributed by atoms with E-state index in [9.17, 15) is 18.3 Å². The summed E-state index contributed by atoms with van der Waals surface area (Å²) < 4.78 is 35.7. The van der Waals surface area contributed by atoms with Crippen molar-refractivity contribution in [3.05, 3.63) is 35.2 Å². The molecule has 0 aliphatic carbocycles. The maximum atomic E-state index is 10.6. The maximum absolute atomic E-state index is 10.6. The van der Waals surface area contributed by atoms with Gasteiger partial charge < -0.3 is 14.8 Å². The summed E-state index contributed by atoms with van der Waals surface area (Å²) in [6.45, 7) is 3.74. The van der Waals surface area contributed by atoms with Crippen molar-refractivity contribution in [2.45, 2.75) is 38.7 Å². The number of rotatable bonds is 3. The van der Waals surface area contributed by atoms with Crippen LogP contribution in [0, 0.1) is 6.92 Å². The summed E-state index contributed by atoms with van der Waals surface area (Å²) in [6.07, 6.45) is -2.38. The molecule has 0 spiro atoms. The molecular weight excluding hydrogens is 367 g/mol. The number of carbonyl (C=O) groups is 1. The Morgan fingerprint density at radius 1 is 1.37 bits per heavy atom. The fourth-order valence-corrected chi connectivity index (χ4v) is 2.96. The molecule has 11 heteroatoms. The second-order valence-corrected chi connectivity index (χ2v) is 6.40. The van der Waals surface area contributed by atoms with Crippen LogP contribution in [-0.4, -0.2) is 59.2 Å². The van der Waals surface area contributed by atoms with Crippen LogP contribution in [0.3, 0.4) is 0 Å². The van der Waals surface area contributed by atoms with E-state index in [1.807, 2.05) is 32.0 Å². The molecule has 0 saturated carbocycles. The molecule has 0 aromatic carbocycles. The van der Waals surface area contributed by atoms with Crippen molar-refractivity contribution in [2.24, 2.45) is 14.1 Å². The number of aliphatic hydroxyl groups excluding tert-OH is 1. The van der Waals surface area contributed by atoms with Crippen LogP contribution in [0.25, 0.3) is 0 Å². The van der Waals surface area contributed by atoms with E-state index in [-0.39, 0.29) is 12.6 Å². The van der Waals surface area contributed by atoms with Gasteiger partial charge in [-0.05, 0) is 13.0 Å². The number of aliphatic carboxylic acids is 1. The largest absolute Gasteiger partial charge is 0.490 e. The first kappa shape index (κ1) is 20.9. The maximum Gasteiger partial charge on any atom is 0.490 e. The monoisotopic (exact) mass is 389 g/mol. The molecule has 0 radical (unpaired) electrons. The van der Waals surface area contributed by atoms with Gasteiger partial charge in [-0.3, -0.25) is 9.58 Å². The van der Waals surface area contributed by atoms with Gasteiger partial charge in [-0.15, -0.1) is 0 Å². The van der Waals surface area contributed by atoms with Gasteiger partial charge >= 0.3 is 12.1 Å². The van der Waals surface area contributed by atoms with E-state index in [4.69, 9.17) is 9.90 Å². The number of hydrogen-bond acceptors (Lipinski definition) is 5. The SMILES string of the molecule is Cc1cc(CN2Cc3ncn(C)c3CC2CO)n(C)n1.O=C(O)C(F)(F)F. The number of imidazole rings is 1. The lowest BCUT2D eigenvalue weighted by Gasteiger charge is -2.34. The topological polar surface area (TPSA) is 96.4 Å².